The van der Waals surface area contributed by atoms with Crippen molar-refractivity contribution in [2.24, 2.45) is 0 Å². The normalized spacial score (nSPS) is 24.3. The third-order valence-corrected chi connectivity index (χ3v) is 1.65. The summed E-state index contributed by atoms with van der Waals surface area (Å²) >= 11 is 3.28. The monoisotopic (exact) mass is 188 g/mol. The molecule has 2 nitrogen and oxygen atoms in total. The van der Waals surface area contributed by atoms with Crippen molar-refractivity contribution in [2.45, 2.75) is 6.10 Å². The largest absolute Gasteiger partial charge is 0.465 e. The van der Waals surface area contributed by atoms with Crippen LogP contribution in [0.5, 0.6) is 0 Å². The average Bonchev–Trinajstić information content (AvgIpc) is 2.58. The lowest BCUT2D eigenvalue weighted by Crippen LogP contribution is -1.69. The van der Waals surface area contributed by atoms with Gasteiger partial charge in [0.2, 0.25) is 0 Å². The molecule has 2 rings (SSSR count). The van der Waals surface area contributed by atoms with E-state index in [1.54, 1.807) is 6.26 Å². The molecular formula is C6H5BrO2. The van der Waals surface area contributed by atoms with Crippen LogP contribution in [0.1, 0.15) is 11.9 Å². The van der Waals surface area contributed by atoms with E-state index in [-0.39, 0.29) is 6.10 Å². The maximum Gasteiger partial charge on any atom is 0.139 e. The minimum Gasteiger partial charge on any atom is -0.465 e. The van der Waals surface area contributed by atoms with Crippen molar-refractivity contribution < 1.29 is 9.15 Å². The van der Waals surface area contributed by atoms with Crippen LogP contribution in [0.4, 0.5) is 0 Å². The summed E-state index contributed by atoms with van der Waals surface area (Å²) in [5.74, 6) is 0.918. The third-order valence-electron chi connectivity index (χ3n) is 1.24. The Morgan fingerprint density at radius 3 is 2.89 bits per heavy atom. The molecule has 1 fully saturated rings. The summed E-state index contributed by atoms with van der Waals surface area (Å²) in [6.07, 6.45) is 1.90. The minimum atomic E-state index is 0.233. The quantitative estimate of drug-likeness (QED) is 0.632. The van der Waals surface area contributed by atoms with Crippen molar-refractivity contribution in [1.29, 1.82) is 0 Å². The molecule has 0 aliphatic carbocycles. The first-order chi connectivity index (χ1) is 4.36. The van der Waals surface area contributed by atoms with Crippen molar-refractivity contribution in [2.75, 3.05) is 6.61 Å². The number of epoxide rings is 1. The fourth-order valence-corrected chi connectivity index (χ4v) is 1.03. The Hall–Kier alpha value is -0.280. The fraction of sp³-hybridized carbons (Fsp3) is 0.333. The van der Waals surface area contributed by atoms with Gasteiger partial charge in [0.25, 0.3) is 0 Å². The molecule has 0 aromatic carbocycles. The zero-order valence-electron chi connectivity index (χ0n) is 4.63. The number of hydrogen-bond acceptors (Lipinski definition) is 2. The van der Waals surface area contributed by atoms with E-state index in [1.165, 1.54) is 0 Å². The first kappa shape index (κ1) is 5.50. The number of ether oxygens (including phenoxy) is 1. The van der Waals surface area contributed by atoms with Gasteiger partial charge in [0.15, 0.2) is 0 Å². The Morgan fingerprint density at radius 2 is 2.44 bits per heavy atom. The molecule has 0 radical (unpaired) electrons. The van der Waals surface area contributed by atoms with Crippen molar-refractivity contribution in [3.05, 3.63) is 22.6 Å². The summed E-state index contributed by atoms with van der Waals surface area (Å²) in [7, 11) is 0. The van der Waals surface area contributed by atoms with E-state index in [0.29, 0.717) is 0 Å². The predicted molar refractivity (Wildman–Crippen MR) is 35.1 cm³/mol. The Morgan fingerprint density at radius 1 is 1.67 bits per heavy atom. The van der Waals surface area contributed by atoms with Crippen molar-refractivity contribution >= 4 is 15.9 Å². The highest BCUT2D eigenvalue weighted by atomic mass is 79.9. The molecule has 1 aromatic rings. The summed E-state index contributed by atoms with van der Waals surface area (Å²) in [6, 6.07) is 1.93. The molecule has 0 bridgehead atoms. The molecule has 1 atom stereocenters. The van der Waals surface area contributed by atoms with Crippen LogP contribution in [0.2, 0.25) is 0 Å². The van der Waals surface area contributed by atoms with Gasteiger partial charge in [-0.05, 0) is 22.0 Å². The highest BCUT2D eigenvalue weighted by molar-refractivity contribution is 9.10. The second-order valence-corrected chi connectivity index (χ2v) is 2.90. The van der Waals surface area contributed by atoms with Gasteiger partial charge in [-0.15, -0.1) is 0 Å². The highest BCUT2D eigenvalue weighted by Gasteiger charge is 2.27. The van der Waals surface area contributed by atoms with E-state index < -0.39 is 0 Å². The summed E-state index contributed by atoms with van der Waals surface area (Å²) in [5, 5.41) is 0. The molecule has 3 heteroatoms. The maximum atomic E-state index is 5.12. The van der Waals surface area contributed by atoms with E-state index >= 15 is 0 Å². The molecule has 0 saturated carbocycles. The molecule has 0 amide bonds. The molecule has 2 heterocycles. The van der Waals surface area contributed by atoms with Gasteiger partial charge in [0, 0.05) is 0 Å². The molecule has 1 saturated heterocycles. The van der Waals surface area contributed by atoms with E-state index in [9.17, 15) is 0 Å². The van der Waals surface area contributed by atoms with Gasteiger partial charge in [0.1, 0.15) is 18.1 Å². The van der Waals surface area contributed by atoms with Gasteiger partial charge < -0.3 is 9.15 Å². The van der Waals surface area contributed by atoms with Gasteiger partial charge in [-0.3, -0.25) is 0 Å². The minimum absolute atomic E-state index is 0.233. The van der Waals surface area contributed by atoms with Crippen molar-refractivity contribution in [1.82, 2.24) is 0 Å². The van der Waals surface area contributed by atoms with Crippen LogP contribution in [-0.2, 0) is 4.74 Å². The molecular weight excluding hydrogens is 184 g/mol. The van der Waals surface area contributed by atoms with Gasteiger partial charge in [0.05, 0.1) is 11.1 Å². The van der Waals surface area contributed by atoms with Crippen LogP contribution in [0, 0.1) is 0 Å². The lowest BCUT2D eigenvalue weighted by atomic mass is 10.4. The van der Waals surface area contributed by atoms with E-state index in [4.69, 9.17) is 9.15 Å². The van der Waals surface area contributed by atoms with E-state index in [2.05, 4.69) is 15.9 Å². The average molecular weight is 189 g/mol. The number of furan rings is 1. The lowest BCUT2D eigenvalue weighted by Gasteiger charge is -1.79. The highest BCUT2D eigenvalue weighted by Crippen LogP contribution is 2.31. The third kappa shape index (κ3) is 1.02. The molecule has 1 unspecified atom stereocenters. The summed E-state index contributed by atoms with van der Waals surface area (Å²) < 4.78 is 11.1. The Bertz CT molecular complexity index is 215. The Labute approximate surface area is 60.9 Å². The van der Waals surface area contributed by atoms with Crippen LogP contribution in [0.3, 0.4) is 0 Å². The van der Waals surface area contributed by atoms with E-state index in [0.717, 1.165) is 16.8 Å². The predicted octanol–water partition coefficient (Wildman–Crippen LogP) is 2.11. The van der Waals surface area contributed by atoms with Crippen LogP contribution < -0.4 is 0 Å². The van der Waals surface area contributed by atoms with Crippen LogP contribution in [0.15, 0.2) is 21.2 Å². The fourth-order valence-electron chi connectivity index (χ4n) is 0.709. The smallest absolute Gasteiger partial charge is 0.139 e. The number of hydrogen-bond donors (Lipinski definition) is 0. The van der Waals surface area contributed by atoms with Crippen LogP contribution in [0.25, 0.3) is 0 Å². The first-order valence-electron chi connectivity index (χ1n) is 2.72. The molecule has 1 aliphatic heterocycles. The van der Waals surface area contributed by atoms with Crippen molar-refractivity contribution in [3.63, 3.8) is 0 Å². The van der Waals surface area contributed by atoms with Crippen LogP contribution in [-0.4, -0.2) is 6.61 Å². The maximum absolute atomic E-state index is 5.12. The summed E-state index contributed by atoms with van der Waals surface area (Å²) in [6.45, 7) is 0.806. The second kappa shape index (κ2) is 1.85. The van der Waals surface area contributed by atoms with Gasteiger partial charge in [-0.1, -0.05) is 0 Å². The standard InChI is InChI=1S/C6H5BrO2/c7-4-1-5(8-2-4)6-3-9-6/h1-2,6H,3H2. The molecule has 1 aliphatic rings. The van der Waals surface area contributed by atoms with Gasteiger partial charge in [-0.2, -0.15) is 0 Å². The molecule has 0 N–H and O–H groups in total. The van der Waals surface area contributed by atoms with Gasteiger partial charge in [-0.25, -0.2) is 0 Å². The van der Waals surface area contributed by atoms with Crippen LogP contribution >= 0.6 is 15.9 Å². The second-order valence-electron chi connectivity index (χ2n) is 1.99. The topological polar surface area (TPSA) is 25.7 Å². The Kier molecular flexibility index (Phi) is 1.13. The number of halogens is 1. The number of rotatable bonds is 1. The van der Waals surface area contributed by atoms with Gasteiger partial charge >= 0.3 is 0 Å². The zero-order chi connectivity index (χ0) is 6.27. The first-order valence-corrected chi connectivity index (χ1v) is 3.51. The van der Waals surface area contributed by atoms with E-state index in [1.807, 2.05) is 6.07 Å². The lowest BCUT2D eigenvalue weighted by molar-refractivity contribution is 0.370. The van der Waals surface area contributed by atoms with Crippen molar-refractivity contribution in [3.8, 4) is 0 Å². The molecule has 1 aromatic heterocycles. The molecule has 9 heavy (non-hydrogen) atoms. The summed E-state index contributed by atoms with van der Waals surface area (Å²) in [4.78, 5) is 0. The zero-order valence-corrected chi connectivity index (χ0v) is 6.22. The molecule has 0 spiro atoms. The SMILES string of the molecule is Brc1coc(C2CO2)c1. The Balaban J connectivity index is 2.28. The summed E-state index contributed by atoms with van der Waals surface area (Å²) in [5.41, 5.74) is 0. The molecule has 48 valence electrons.